The van der Waals surface area contributed by atoms with Crippen molar-refractivity contribution in [1.29, 1.82) is 0 Å². The fraction of sp³-hybridized carbons (Fsp3) is 0.417. The number of anilines is 1. The number of amides is 1. The Balaban J connectivity index is 2.05. The Labute approximate surface area is 98.8 Å². The highest BCUT2D eigenvalue weighted by Gasteiger charge is 2.29. The molecular formula is C12H15FN2O2. The first kappa shape index (κ1) is 11.9. The van der Waals surface area contributed by atoms with Gasteiger partial charge in [-0.25, -0.2) is 4.39 Å². The first-order chi connectivity index (χ1) is 8.08. The van der Waals surface area contributed by atoms with Crippen LogP contribution in [-0.4, -0.2) is 23.6 Å². The van der Waals surface area contributed by atoms with E-state index in [1.807, 2.05) is 6.92 Å². The van der Waals surface area contributed by atoms with E-state index in [9.17, 15) is 9.18 Å². The number of aromatic hydroxyl groups is 1. The quantitative estimate of drug-likeness (QED) is 0.684. The summed E-state index contributed by atoms with van der Waals surface area (Å²) in [5.74, 6) is -1.05. The number of carbonyl (C=O) groups excluding carboxylic acids is 1. The van der Waals surface area contributed by atoms with Crippen LogP contribution >= 0.6 is 0 Å². The van der Waals surface area contributed by atoms with Gasteiger partial charge in [0.05, 0.1) is 6.04 Å². The van der Waals surface area contributed by atoms with Gasteiger partial charge in [0.15, 0.2) is 11.6 Å². The van der Waals surface area contributed by atoms with Crippen molar-refractivity contribution in [2.75, 3.05) is 11.9 Å². The largest absolute Gasteiger partial charge is 0.505 e. The minimum absolute atomic E-state index is 0.167. The fourth-order valence-electron chi connectivity index (χ4n) is 1.99. The summed E-state index contributed by atoms with van der Waals surface area (Å²) >= 11 is 0. The van der Waals surface area contributed by atoms with Crippen molar-refractivity contribution in [1.82, 2.24) is 5.32 Å². The molecule has 0 spiro atoms. The van der Waals surface area contributed by atoms with Crippen LogP contribution in [0.25, 0.3) is 0 Å². The Hall–Kier alpha value is -1.62. The van der Waals surface area contributed by atoms with Crippen molar-refractivity contribution in [2.45, 2.75) is 19.4 Å². The lowest BCUT2D eigenvalue weighted by molar-refractivity contribution is -0.118. The lowest BCUT2D eigenvalue weighted by Gasteiger charge is -2.15. The number of phenolic OH excluding ortho intramolecular Hbond substituents is 1. The van der Waals surface area contributed by atoms with Crippen LogP contribution in [0.15, 0.2) is 18.2 Å². The zero-order valence-corrected chi connectivity index (χ0v) is 9.53. The molecule has 1 aliphatic heterocycles. The van der Waals surface area contributed by atoms with Gasteiger partial charge < -0.3 is 15.7 Å². The molecular weight excluding hydrogens is 223 g/mol. The minimum atomic E-state index is -0.741. The predicted molar refractivity (Wildman–Crippen MR) is 62.3 cm³/mol. The number of benzene rings is 1. The third kappa shape index (κ3) is 2.55. The summed E-state index contributed by atoms with van der Waals surface area (Å²) < 4.78 is 13.1. The van der Waals surface area contributed by atoms with Gasteiger partial charge in [0, 0.05) is 11.8 Å². The molecule has 2 rings (SSSR count). The molecule has 1 amide bonds. The van der Waals surface area contributed by atoms with Gasteiger partial charge in [0.1, 0.15) is 0 Å². The molecule has 1 aromatic rings. The Morgan fingerprint density at radius 1 is 1.59 bits per heavy atom. The van der Waals surface area contributed by atoms with E-state index in [0.717, 1.165) is 19.0 Å². The number of phenols is 1. The first-order valence-electron chi connectivity index (χ1n) is 5.60. The average Bonchev–Trinajstić information content (AvgIpc) is 2.70. The maximum Gasteiger partial charge on any atom is 0.241 e. The lowest BCUT2D eigenvalue weighted by Crippen LogP contribution is -2.39. The zero-order valence-electron chi connectivity index (χ0n) is 9.53. The summed E-state index contributed by atoms with van der Waals surface area (Å²) in [6.45, 7) is 2.82. The molecule has 1 saturated heterocycles. The van der Waals surface area contributed by atoms with Crippen molar-refractivity contribution in [3.05, 3.63) is 24.0 Å². The molecule has 0 saturated carbocycles. The topological polar surface area (TPSA) is 61.4 Å². The van der Waals surface area contributed by atoms with Gasteiger partial charge in [-0.15, -0.1) is 0 Å². The summed E-state index contributed by atoms with van der Waals surface area (Å²) in [7, 11) is 0. The van der Waals surface area contributed by atoms with Crippen molar-refractivity contribution in [3.63, 3.8) is 0 Å². The molecule has 3 N–H and O–H groups in total. The average molecular weight is 238 g/mol. The molecule has 2 atom stereocenters. The molecule has 1 heterocycles. The lowest BCUT2D eigenvalue weighted by atomic mass is 10.0. The molecule has 1 fully saturated rings. The number of hydrogen-bond acceptors (Lipinski definition) is 3. The Morgan fingerprint density at radius 3 is 2.94 bits per heavy atom. The number of nitrogens with one attached hydrogen (secondary N) is 2. The molecule has 0 bridgehead atoms. The number of carbonyl (C=O) groups is 1. The second-order valence-electron chi connectivity index (χ2n) is 4.35. The van der Waals surface area contributed by atoms with E-state index in [1.165, 1.54) is 12.1 Å². The highest BCUT2D eigenvalue weighted by atomic mass is 19.1. The van der Waals surface area contributed by atoms with E-state index in [4.69, 9.17) is 5.11 Å². The molecule has 0 aliphatic carbocycles. The minimum Gasteiger partial charge on any atom is -0.505 e. The van der Waals surface area contributed by atoms with Gasteiger partial charge in [-0.05, 0) is 31.0 Å². The summed E-state index contributed by atoms with van der Waals surface area (Å²) in [6, 6.07) is 3.56. The highest BCUT2D eigenvalue weighted by Crippen LogP contribution is 2.21. The smallest absolute Gasteiger partial charge is 0.241 e. The number of rotatable bonds is 2. The van der Waals surface area contributed by atoms with Crippen LogP contribution in [0.5, 0.6) is 5.75 Å². The summed E-state index contributed by atoms with van der Waals surface area (Å²) in [6.07, 6.45) is 0.960. The molecule has 2 unspecified atom stereocenters. The third-order valence-corrected chi connectivity index (χ3v) is 3.03. The Kier molecular flexibility index (Phi) is 3.28. The fourth-order valence-corrected chi connectivity index (χ4v) is 1.99. The second-order valence-corrected chi connectivity index (χ2v) is 4.35. The molecule has 0 radical (unpaired) electrons. The molecule has 1 aromatic carbocycles. The molecule has 4 nitrogen and oxygen atoms in total. The van der Waals surface area contributed by atoms with Crippen molar-refractivity contribution in [2.24, 2.45) is 5.92 Å². The number of halogens is 1. The van der Waals surface area contributed by atoms with Crippen LogP contribution in [0.1, 0.15) is 13.3 Å². The van der Waals surface area contributed by atoms with E-state index in [0.29, 0.717) is 5.69 Å². The van der Waals surface area contributed by atoms with Gasteiger partial charge in [-0.1, -0.05) is 6.92 Å². The normalized spacial score (nSPS) is 23.6. The molecule has 5 heteroatoms. The van der Waals surface area contributed by atoms with E-state index in [1.54, 1.807) is 0 Å². The van der Waals surface area contributed by atoms with E-state index in [-0.39, 0.29) is 17.9 Å². The summed E-state index contributed by atoms with van der Waals surface area (Å²) in [5.41, 5.74) is 0.353. The standard InChI is InChI=1S/C12H15FN2O2/c1-7-4-5-14-11(7)12(17)15-8-2-3-10(16)9(13)6-8/h2-3,6-7,11,14,16H,4-5H2,1H3,(H,15,17). The predicted octanol–water partition coefficient (Wildman–Crippen LogP) is 1.47. The van der Waals surface area contributed by atoms with E-state index < -0.39 is 11.6 Å². The molecule has 0 aromatic heterocycles. The van der Waals surface area contributed by atoms with Gasteiger partial charge in [-0.2, -0.15) is 0 Å². The monoisotopic (exact) mass is 238 g/mol. The van der Waals surface area contributed by atoms with Gasteiger partial charge in [-0.3, -0.25) is 4.79 Å². The molecule has 17 heavy (non-hydrogen) atoms. The van der Waals surface area contributed by atoms with Gasteiger partial charge in [0.25, 0.3) is 0 Å². The maximum absolute atomic E-state index is 13.1. The maximum atomic E-state index is 13.1. The summed E-state index contributed by atoms with van der Waals surface area (Å²) in [4.78, 5) is 11.9. The van der Waals surface area contributed by atoms with E-state index >= 15 is 0 Å². The SMILES string of the molecule is CC1CCNC1C(=O)Nc1ccc(O)c(F)c1. The Bertz CT molecular complexity index is 437. The van der Waals surface area contributed by atoms with Crippen LogP contribution in [0, 0.1) is 11.7 Å². The van der Waals surface area contributed by atoms with Gasteiger partial charge in [0.2, 0.25) is 5.91 Å². The summed E-state index contributed by atoms with van der Waals surface area (Å²) in [5, 5.41) is 14.8. The van der Waals surface area contributed by atoms with Crippen LogP contribution in [0.2, 0.25) is 0 Å². The second kappa shape index (κ2) is 4.71. The first-order valence-corrected chi connectivity index (χ1v) is 5.60. The third-order valence-electron chi connectivity index (χ3n) is 3.03. The Morgan fingerprint density at radius 2 is 2.35 bits per heavy atom. The van der Waals surface area contributed by atoms with Crippen molar-refractivity contribution in [3.8, 4) is 5.75 Å². The van der Waals surface area contributed by atoms with Crippen LogP contribution in [0.3, 0.4) is 0 Å². The molecule has 1 aliphatic rings. The van der Waals surface area contributed by atoms with Crippen molar-refractivity contribution >= 4 is 11.6 Å². The molecule has 92 valence electrons. The van der Waals surface area contributed by atoms with E-state index in [2.05, 4.69) is 10.6 Å². The zero-order chi connectivity index (χ0) is 12.4. The van der Waals surface area contributed by atoms with Crippen LogP contribution in [-0.2, 0) is 4.79 Å². The van der Waals surface area contributed by atoms with Gasteiger partial charge >= 0.3 is 0 Å². The highest BCUT2D eigenvalue weighted by molar-refractivity contribution is 5.95. The van der Waals surface area contributed by atoms with Crippen LogP contribution in [0.4, 0.5) is 10.1 Å². The van der Waals surface area contributed by atoms with Crippen LogP contribution < -0.4 is 10.6 Å². The van der Waals surface area contributed by atoms with Crippen molar-refractivity contribution < 1.29 is 14.3 Å². The number of hydrogen-bond donors (Lipinski definition) is 3.